The van der Waals surface area contributed by atoms with E-state index < -0.39 is 0 Å². The molecular formula is C18H30Ar3BrMgP. The van der Waals surface area contributed by atoms with Crippen molar-refractivity contribution in [3.05, 3.63) is 68.7 Å². The van der Waals surface area contributed by atoms with E-state index >= 15 is 0 Å². The summed E-state index contributed by atoms with van der Waals surface area (Å²) >= 11 is 3.41. The van der Waals surface area contributed by atoms with E-state index in [1.165, 1.54) is 32.3 Å². The Morgan fingerprint density at radius 3 is 0.917 bits per heavy atom. The molecule has 0 fully saturated rings. The Morgan fingerprint density at radius 2 is 0.750 bits per heavy atom. The first-order valence-corrected chi connectivity index (χ1v) is 6.95. The number of hydrogen-bond donors (Lipinski definition) is 0. The predicted molar refractivity (Wildman–Crippen MR) is 110 cm³/mol. The number of hydrogen-bond acceptors (Lipinski definition) is 0. The molecule has 0 heterocycles. The molecule has 0 saturated heterocycles. The van der Waals surface area contributed by atoms with Gasteiger partial charge in [-0.05, 0) is 57.9 Å². The number of aryl methyl sites for hydroxylation is 5. The van der Waals surface area contributed by atoms with Crippen LogP contribution in [0.25, 0.3) is 0 Å². The van der Waals surface area contributed by atoms with Gasteiger partial charge in [0, 0.05) is 118 Å². The second kappa shape index (κ2) is 23.2. The Labute approximate surface area is 270 Å². The summed E-state index contributed by atoms with van der Waals surface area (Å²) in [6.07, 6.45) is 0. The molecule has 0 spiro atoms. The third-order valence-corrected chi connectivity index (χ3v) is 3.01. The SMILES string of the molecule is C.Cc1cc(C)cc(Br)c1.Cc1cc(C)cc(C)c1.P.[Ar].[Ar].[Ar].[H-].[H-].[Mg+2]. The molecule has 0 saturated carbocycles. The summed E-state index contributed by atoms with van der Waals surface area (Å²) in [7, 11) is 0. The second-order valence-electron chi connectivity index (χ2n) is 4.97. The van der Waals surface area contributed by atoms with Gasteiger partial charge in [-0.1, -0.05) is 64.3 Å². The van der Waals surface area contributed by atoms with Crippen molar-refractivity contribution in [2.75, 3.05) is 0 Å². The molecule has 140 valence electrons. The van der Waals surface area contributed by atoms with Crippen LogP contribution in [0.1, 0.15) is 38.1 Å². The smallest absolute Gasteiger partial charge is 1.00 e. The van der Waals surface area contributed by atoms with Gasteiger partial charge in [0.1, 0.15) is 0 Å². The molecule has 2 aromatic carbocycles. The van der Waals surface area contributed by atoms with E-state index in [2.05, 4.69) is 86.9 Å². The van der Waals surface area contributed by atoms with Crippen LogP contribution >= 0.6 is 25.8 Å². The van der Waals surface area contributed by atoms with Crippen LogP contribution < -0.4 is 0 Å². The van der Waals surface area contributed by atoms with Gasteiger partial charge < -0.3 is 2.85 Å². The fourth-order valence-corrected chi connectivity index (χ4v) is 2.84. The van der Waals surface area contributed by atoms with Gasteiger partial charge in [0.05, 0.1) is 0 Å². The van der Waals surface area contributed by atoms with E-state index in [1.54, 1.807) is 0 Å². The van der Waals surface area contributed by atoms with Crippen molar-refractivity contribution in [2.45, 2.75) is 42.0 Å². The van der Waals surface area contributed by atoms with Gasteiger partial charge in [-0.15, -0.1) is 0 Å². The molecule has 0 aliphatic rings. The van der Waals surface area contributed by atoms with Crippen molar-refractivity contribution in [1.82, 2.24) is 0 Å². The van der Waals surface area contributed by atoms with E-state index in [9.17, 15) is 0 Å². The van der Waals surface area contributed by atoms with Crippen LogP contribution in [-0.4, -0.2) is 23.1 Å². The number of rotatable bonds is 0. The maximum Gasteiger partial charge on any atom is 2.00 e. The summed E-state index contributed by atoms with van der Waals surface area (Å²) in [6, 6.07) is 12.9. The third-order valence-electron chi connectivity index (χ3n) is 2.55. The van der Waals surface area contributed by atoms with E-state index in [0.29, 0.717) is 0 Å². The minimum atomic E-state index is 0. The number of halogens is 1. The Hall–Kier alpha value is 3.90. The Kier molecular flexibility index (Phi) is 40.6. The van der Waals surface area contributed by atoms with Crippen LogP contribution in [0.3, 0.4) is 0 Å². The summed E-state index contributed by atoms with van der Waals surface area (Å²) in [5.41, 5.74) is 6.68. The van der Waals surface area contributed by atoms with Crippen molar-refractivity contribution >= 4 is 48.9 Å². The second-order valence-corrected chi connectivity index (χ2v) is 5.89. The Balaban J connectivity index is -0.0000000318. The number of benzene rings is 2. The first kappa shape index (κ1) is 42.1. The zero-order chi connectivity index (χ0) is 13.7. The molecule has 0 nitrogen and oxygen atoms in total. The molecule has 2 rings (SSSR count). The summed E-state index contributed by atoms with van der Waals surface area (Å²) in [5.74, 6) is 0. The van der Waals surface area contributed by atoms with Gasteiger partial charge >= 0.3 is 23.1 Å². The molecule has 0 amide bonds. The van der Waals surface area contributed by atoms with Crippen molar-refractivity contribution in [1.29, 1.82) is 0 Å². The molecule has 0 bridgehead atoms. The van der Waals surface area contributed by atoms with Crippen LogP contribution in [0.4, 0.5) is 0 Å². The zero-order valence-electron chi connectivity index (χ0n) is 16.3. The van der Waals surface area contributed by atoms with E-state index in [-0.39, 0.29) is 156 Å². The molecular weight excluding hydrogens is 471 g/mol. The molecule has 1 atom stereocenters. The fourth-order valence-electron chi connectivity index (χ4n) is 2.12. The average Bonchev–Trinajstić information content (AvgIpc) is 2.12. The molecule has 0 aromatic heterocycles. The summed E-state index contributed by atoms with van der Waals surface area (Å²) < 4.78 is 1.17. The fraction of sp³-hybridized carbons (Fsp3) is 0.333. The first-order valence-electron chi connectivity index (χ1n) is 6.15. The van der Waals surface area contributed by atoms with Gasteiger partial charge in [-0.25, -0.2) is 0 Å². The van der Waals surface area contributed by atoms with E-state index in [4.69, 9.17) is 0 Å². The third kappa shape index (κ3) is 20.6. The summed E-state index contributed by atoms with van der Waals surface area (Å²) in [6.45, 7) is 10.6. The van der Waals surface area contributed by atoms with E-state index in [1.807, 2.05) is 0 Å². The minimum absolute atomic E-state index is 0. The van der Waals surface area contributed by atoms with Crippen LogP contribution in [0.2, 0.25) is 0 Å². The monoisotopic (exact) mass is 500 g/mol. The molecule has 6 heteroatoms. The first-order chi connectivity index (χ1) is 8.36. The van der Waals surface area contributed by atoms with Gasteiger partial charge in [0.25, 0.3) is 0 Å². The molecule has 1 unspecified atom stereocenters. The van der Waals surface area contributed by atoms with Gasteiger partial charge in [0.15, 0.2) is 0 Å². The molecule has 0 radical (unpaired) electrons. The van der Waals surface area contributed by atoms with Gasteiger partial charge in [0.2, 0.25) is 0 Å². The topological polar surface area (TPSA) is 0 Å². The van der Waals surface area contributed by atoms with Crippen LogP contribution in [-0.2, 0) is 0 Å². The molecule has 2 aromatic rings. The van der Waals surface area contributed by atoms with Crippen molar-refractivity contribution in [3.8, 4) is 0 Å². The normalized spacial score (nSPS) is 7.25. The molecule has 24 heavy (non-hydrogen) atoms. The van der Waals surface area contributed by atoms with Crippen molar-refractivity contribution in [2.24, 2.45) is 0 Å². The van der Waals surface area contributed by atoms with Crippen molar-refractivity contribution < 1.29 is 116 Å². The molecule has 0 N–H and O–H groups in total. The van der Waals surface area contributed by atoms with Crippen molar-refractivity contribution in [3.63, 3.8) is 0 Å². The minimum Gasteiger partial charge on any atom is -1.00 e. The quantitative estimate of drug-likeness (QED) is 0.297. The Bertz CT molecular complexity index is 411. The Morgan fingerprint density at radius 1 is 0.583 bits per heavy atom. The zero-order valence-corrected chi connectivity index (χ0v) is 20.9. The van der Waals surface area contributed by atoms with Gasteiger partial charge in [-0.3, -0.25) is 0 Å². The summed E-state index contributed by atoms with van der Waals surface area (Å²) in [4.78, 5) is 0. The van der Waals surface area contributed by atoms with E-state index in [0.717, 1.165) is 0 Å². The molecule has 0 aliphatic carbocycles. The van der Waals surface area contributed by atoms with Crippen LogP contribution in [0.5, 0.6) is 0 Å². The van der Waals surface area contributed by atoms with Gasteiger partial charge in [-0.2, -0.15) is 9.90 Å². The van der Waals surface area contributed by atoms with Crippen LogP contribution in [0.15, 0.2) is 40.9 Å². The maximum absolute atomic E-state index is 3.41. The summed E-state index contributed by atoms with van der Waals surface area (Å²) in [5, 5.41) is 0. The molecule has 0 aliphatic heterocycles. The standard InChI is InChI=1S/C9H12.C8H9Br.CH4.3Ar.Mg.H3P.2H/c1-7-4-8(2)6-9(3)5-7;1-6-3-7(2)5-8(9)4-6;;;;;;;;/h4-6H,1-3H3;3-5H,1-2H3;1H4;;;;;1H3;;/q;;;;;;+2;;2*-1. The maximum atomic E-state index is 3.41. The van der Waals surface area contributed by atoms with Crippen LogP contribution in [0, 0.1) is 148 Å². The largest absolute Gasteiger partial charge is 2.00 e. The predicted octanol–water partition coefficient (Wildman–Crippen LogP) is 6.22. The average molecular weight is 501 g/mol.